The minimum absolute atomic E-state index is 0.0189. The summed E-state index contributed by atoms with van der Waals surface area (Å²) in [7, 11) is 0. The zero-order valence-corrected chi connectivity index (χ0v) is 13.7. The van der Waals surface area contributed by atoms with Crippen LogP contribution in [-0.4, -0.2) is 10.9 Å². The molecule has 0 aliphatic rings. The van der Waals surface area contributed by atoms with Crippen LogP contribution < -0.4 is 5.32 Å². The lowest BCUT2D eigenvalue weighted by Crippen LogP contribution is -2.27. The minimum atomic E-state index is -0.163. The van der Waals surface area contributed by atoms with Crippen molar-refractivity contribution in [3.63, 3.8) is 0 Å². The number of carbonyl (C=O) groups is 1. The van der Waals surface area contributed by atoms with Crippen molar-refractivity contribution in [3.8, 4) is 10.6 Å². The first-order chi connectivity index (χ1) is 11.2. The smallest absolute Gasteiger partial charge is 0.227 e. The maximum absolute atomic E-state index is 12.3. The van der Waals surface area contributed by atoms with E-state index in [9.17, 15) is 4.79 Å². The van der Waals surface area contributed by atoms with Gasteiger partial charge in [-0.1, -0.05) is 60.7 Å². The predicted molar refractivity (Wildman–Crippen MR) is 94.3 cm³/mol. The van der Waals surface area contributed by atoms with Crippen LogP contribution in [0.25, 0.3) is 10.6 Å². The van der Waals surface area contributed by atoms with E-state index >= 15 is 0 Å². The van der Waals surface area contributed by atoms with Crippen LogP contribution in [0.2, 0.25) is 0 Å². The SMILES string of the molecule is C[C@@H](C(=O)NCc1csc(-c2ccccc2)n1)c1ccccc1. The fraction of sp³-hybridized carbons (Fsp3) is 0.158. The van der Waals surface area contributed by atoms with Crippen LogP contribution in [0.3, 0.4) is 0 Å². The van der Waals surface area contributed by atoms with Gasteiger partial charge in [0, 0.05) is 10.9 Å². The highest BCUT2D eigenvalue weighted by Crippen LogP contribution is 2.23. The molecule has 1 aromatic heterocycles. The number of hydrogen-bond donors (Lipinski definition) is 1. The molecule has 116 valence electrons. The molecule has 3 nitrogen and oxygen atoms in total. The maximum atomic E-state index is 12.3. The molecule has 0 unspecified atom stereocenters. The summed E-state index contributed by atoms with van der Waals surface area (Å²) in [5.74, 6) is -0.145. The van der Waals surface area contributed by atoms with E-state index in [1.54, 1.807) is 11.3 Å². The summed E-state index contributed by atoms with van der Waals surface area (Å²) >= 11 is 1.60. The van der Waals surface area contributed by atoms with E-state index in [4.69, 9.17) is 0 Å². The molecule has 0 spiro atoms. The molecular weight excluding hydrogens is 304 g/mol. The second-order valence-electron chi connectivity index (χ2n) is 5.36. The van der Waals surface area contributed by atoms with Gasteiger partial charge in [-0.15, -0.1) is 11.3 Å². The van der Waals surface area contributed by atoms with Gasteiger partial charge in [0.2, 0.25) is 5.91 Å². The zero-order valence-electron chi connectivity index (χ0n) is 12.9. The molecular formula is C19H18N2OS. The number of carbonyl (C=O) groups excluding carboxylic acids is 1. The van der Waals surface area contributed by atoms with Gasteiger partial charge in [0.25, 0.3) is 0 Å². The summed E-state index contributed by atoms with van der Waals surface area (Å²) < 4.78 is 0. The van der Waals surface area contributed by atoms with Crippen LogP contribution in [0.5, 0.6) is 0 Å². The van der Waals surface area contributed by atoms with Crippen LogP contribution in [-0.2, 0) is 11.3 Å². The van der Waals surface area contributed by atoms with Crippen molar-refractivity contribution in [1.82, 2.24) is 10.3 Å². The molecule has 0 saturated heterocycles. The number of nitrogens with one attached hydrogen (secondary N) is 1. The number of hydrogen-bond acceptors (Lipinski definition) is 3. The standard InChI is InChI=1S/C19H18N2OS/c1-14(15-8-4-2-5-9-15)18(22)20-12-17-13-23-19(21-17)16-10-6-3-7-11-16/h2-11,13-14H,12H2,1H3,(H,20,22)/t14-/m1/s1. The molecule has 1 heterocycles. The first kappa shape index (κ1) is 15.4. The largest absolute Gasteiger partial charge is 0.350 e. The third-order valence-corrected chi connectivity index (χ3v) is 4.65. The van der Waals surface area contributed by atoms with Crippen molar-refractivity contribution in [3.05, 3.63) is 77.3 Å². The Labute approximate surface area is 140 Å². The fourth-order valence-corrected chi connectivity index (χ4v) is 3.15. The number of thiazole rings is 1. The molecule has 0 radical (unpaired) electrons. The Bertz CT molecular complexity index is 768. The Morgan fingerprint density at radius 2 is 1.74 bits per heavy atom. The van der Waals surface area contributed by atoms with Crippen molar-refractivity contribution in [2.75, 3.05) is 0 Å². The van der Waals surface area contributed by atoms with E-state index in [-0.39, 0.29) is 11.8 Å². The average molecular weight is 322 g/mol. The van der Waals surface area contributed by atoms with E-state index in [0.29, 0.717) is 6.54 Å². The molecule has 0 fully saturated rings. The third kappa shape index (κ3) is 3.85. The number of rotatable bonds is 5. The molecule has 3 rings (SSSR count). The van der Waals surface area contributed by atoms with Gasteiger partial charge in [-0.05, 0) is 12.5 Å². The molecule has 0 aliphatic heterocycles. The first-order valence-corrected chi connectivity index (χ1v) is 8.44. The van der Waals surface area contributed by atoms with Crippen molar-refractivity contribution >= 4 is 17.2 Å². The summed E-state index contributed by atoms with van der Waals surface area (Å²) in [5, 5.41) is 5.94. The normalized spacial score (nSPS) is 11.9. The summed E-state index contributed by atoms with van der Waals surface area (Å²) in [5.41, 5.74) is 3.02. The Kier molecular flexibility index (Phi) is 4.83. The second kappa shape index (κ2) is 7.20. The second-order valence-corrected chi connectivity index (χ2v) is 6.22. The highest BCUT2D eigenvalue weighted by molar-refractivity contribution is 7.13. The van der Waals surface area contributed by atoms with Gasteiger partial charge in [0.1, 0.15) is 5.01 Å². The monoisotopic (exact) mass is 322 g/mol. The fourth-order valence-electron chi connectivity index (χ4n) is 2.33. The van der Waals surface area contributed by atoms with Crippen LogP contribution in [0.1, 0.15) is 24.1 Å². The van der Waals surface area contributed by atoms with Crippen LogP contribution in [0.4, 0.5) is 0 Å². The number of benzene rings is 2. The van der Waals surface area contributed by atoms with Crippen LogP contribution in [0.15, 0.2) is 66.0 Å². The highest BCUT2D eigenvalue weighted by Gasteiger charge is 2.15. The molecule has 1 amide bonds. The molecule has 2 aromatic carbocycles. The van der Waals surface area contributed by atoms with Crippen LogP contribution >= 0.6 is 11.3 Å². The topological polar surface area (TPSA) is 42.0 Å². The number of aromatic nitrogens is 1. The van der Waals surface area contributed by atoms with Gasteiger partial charge in [-0.2, -0.15) is 0 Å². The average Bonchev–Trinajstić information content (AvgIpc) is 3.09. The maximum Gasteiger partial charge on any atom is 0.227 e. The van der Waals surface area contributed by atoms with Gasteiger partial charge in [0.15, 0.2) is 0 Å². The van der Waals surface area contributed by atoms with Crippen molar-refractivity contribution in [1.29, 1.82) is 0 Å². The Hall–Kier alpha value is -2.46. The third-order valence-electron chi connectivity index (χ3n) is 3.71. The lowest BCUT2D eigenvalue weighted by atomic mass is 10.0. The van der Waals surface area contributed by atoms with Crippen molar-refractivity contribution in [2.24, 2.45) is 0 Å². The van der Waals surface area contributed by atoms with Gasteiger partial charge in [0.05, 0.1) is 18.2 Å². The van der Waals surface area contributed by atoms with Gasteiger partial charge in [-0.3, -0.25) is 4.79 Å². The minimum Gasteiger partial charge on any atom is -0.350 e. The van der Waals surface area contributed by atoms with Crippen molar-refractivity contribution < 1.29 is 4.79 Å². The predicted octanol–water partition coefficient (Wildman–Crippen LogP) is 4.23. The summed E-state index contributed by atoms with van der Waals surface area (Å²) in [6, 6.07) is 19.9. The van der Waals surface area contributed by atoms with Crippen molar-refractivity contribution in [2.45, 2.75) is 19.4 Å². The molecule has 3 aromatic rings. The lowest BCUT2D eigenvalue weighted by molar-refractivity contribution is -0.122. The number of nitrogens with zero attached hydrogens (tertiary/aromatic N) is 1. The van der Waals surface area contributed by atoms with Gasteiger partial charge >= 0.3 is 0 Å². The molecule has 1 N–H and O–H groups in total. The summed E-state index contributed by atoms with van der Waals surface area (Å²) in [6.45, 7) is 2.38. The van der Waals surface area contributed by atoms with E-state index in [0.717, 1.165) is 21.8 Å². The van der Waals surface area contributed by atoms with Gasteiger partial charge in [-0.25, -0.2) is 4.98 Å². The lowest BCUT2D eigenvalue weighted by Gasteiger charge is -2.11. The quantitative estimate of drug-likeness (QED) is 0.764. The summed E-state index contributed by atoms with van der Waals surface area (Å²) in [6.07, 6.45) is 0. The molecule has 0 saturated carbocycles. The zero-order chi connectivity index (χ0) is 16.1. The summed E-state index contributed by atoms with van der Waals surface area (Å²) in [4.78, 5) is 16.8. The molecule has 23 heavy (non-hydrogen) atoms. The number of amides is 1. The molecule has 4 heteroatoms. The van der Waals surface area contributed by atoms with E-state index in [1.165, 1.54) is 0 Å². The Morgan fingerprint density at radius 1 is 1.09 bits per heavy atom. The van der Waals surface area contributed by atoms with E-state index < -0.39 is 0 Å². The Balaban J connectivity index is 1.61. The van der Waals surface area contributed by atoms with E-state index in [2.05, 4.69) is 10.3 Å². The van der Waals surface area contributed by atoms with E-state index in [1.807, 2.05) is 73.0 Å². The van der Waals surface area contributed by atoms with Crippen LogP contribution in [0, 0.1) is 0 Å². The Morgan fingerprint density at radius 3 is 2.43 bits per heavy atom. The molecule has 1 atom stereocenters. The highest BCUT2D eigenvalue weighted by atomic mass is 32.1. The molecule has 0 bridgehead atoms. The first-order valence-electron chi connectivity index (χ1n) is 7.56. The molecule has 0 aliphatic carbocycles. The van der Waals surface area contributed by atoms with Gasteiger partial charge < -0.3 is 5.32 Å².